The summed E-state index contributed by atoms with van der Waals surface area (Å²) in [7, 11) is 0. The Hall–Kier alpha value is -1.27. The van der Waals surface area contributed by atoms with Gasteiger partial charge in [-0.05, 0) is 47.2 Å². The first-order chi connectivity index (χ1) is 8.25. The van der Waals surface area contributed by atoms with Gasteiger partial charge in [0.25, 0.3) is 0 Å². The Morgan fingerprint density at radius 3 is 2.53 bits per heavy atom. The van der Waals surface area contributed by atoms with Crippen LogP contribution >= 0.6 is 11.6 Å². The monoisotopic (exact) mass is 242 g/mol. The van der Waals surface area contributed by atoms with Gasteiger partial charge in [-0.25, -0.2) is 0 Å². The van der Waals surface area contributed by atoms with Gasteiger partial charge in [0.1, 0.15) is 0 Å². The number of aryl methyl sites for hydroxylation is 2. The Balaban J connectivity index is 2.16. The highest BCUT2D eigenvalue weighted by Gasteiger charge is 2.19. The van der Waals surface area contributed by atoms with Crippen LogP contribution in [0.2, 0.25) is 5.02 Å². The molecule has 0 radical (unpaired) electrons. The second-order valence-corrected chi connectivity index (χ2v) is 5.20. The first-order valence-corrected chi connectivity index (χ1v) is 6.49. The Morgan fingerprint density at radius 1 is 0.941 bits per heavy atom. The fourth-order valence-electron chi connectivity index (χ4n) is 2.83. The number of rotatable bonds is 0. The fraction of sp³-hybridized carbons (Fsp3) is 0.250. The van der Waals surface area contributed by atoms with E-state index in [9.17, 15) is 0 Å². The first kappa shape index (κ1) is 10.9. The fourth-order valence-corrected chi connectivity index (χ4v) is 3.03. The van der Waals surface area contributed by atoms with Crippen molar-refractivity contribution < 1.29 is 0 Å². The van der Waals surface area contributed by atoms with Crippen LogP contribution in [0, 0.1) is 0 Å². The predicted octanol–water partition coefficient (Wildman–Crippen LogP) is 4.59. The molecule has 3 rings (SSSR count). The largest absolute Gasteiger partial charge is 0.0843 e. The molecule has 0 nitrogen and oxygen atoms in total. The third-order valence-corrected chi connectivity index (χ3v) is 3.99. The van der Waals surface area contributed by atoms with Crippen LogP contribution in [0.5, 0.6) is 0 Å². The Labute approximate surface area is 107 Å². The highest BCUT2D eigenvalue weighted by atomic mass is 35.5. The van der Waals surface area contributed by atoms with Crippen LogP contribution in [-0.2, 0) is 12.8 Å². The van der Waals surface area contributed by atoms with E-state index in [1.165, 1.54) is 22.3 Å². The average Bonchev–Trinajstić information content (AvgIpc) is 2.48. The summed E-state index contributed by atoms with van der Waals surface area (Å²) in [6, 6.07) is 15.1. The van der Waals surface area contributed by atoms with Gasteiger partial charge in [-0.2, -0.15) is 0 Å². The molecule has 17 heavy (non-hydrogen) atoms. The molecule has 0 N–H and O–H groups in total. The molecular weight excluding hydrogens is 228 g/mol. The number of hydrogen-bond donors (Lipinski definition) is 0. The molecule has 0 spiro atoms. The second kappa shape index (κ2) is 4.19. The van der Waals surface area contributed by atoms with Crippen LogP contribution in [0.25, 0.3) is 0 Å². The van der Waals surface area contributed by atoms with E-state index in [0.717, 1.165) is 17.9 Å². The smallest absolute Gasteiger partial charge is 0.0408 e. The lowest BCUT2D eigenvalue weighted by Gasteiger charge is -2.15. The third-order valence-electron chi connectivity index (χ3n) is 3.76. The summed E-state index contributed by atoms with van der Waals surface area (Å²) < 4.78 is 0. The zero-order valence-electron chi connectivity index (χ0n) is 9.91. The minimum Gasteiger partial charge on any atom is -0.0843 e. The van der Waals surface area contributed by atoms with Crippen molar-refractivity contribution in [2.45, 2.75) is 25.7 Å². The lowest BCUT2D eigenvalue weighted by atomic mass is 9.90. The van der Waals surface area contributed by atoms with E-state index in [2.05, 4.69) is 43.3 Å². The molecule has 1 aliphatic carbocycles. The highest BCUT2D eigenvalue weighted by Crippen LogP contribution is 2.34. The van der Waals surface area contributed by atoms with Gasteiger partial charge < -0.3 is 0 Å². The van der Waals surface area contributed by atoms with Gasteiger partial charge in [-0.15, -0.1) is 0 Å². The number of fused-ring (bicyclic) bond motifs is 2. The molecule has 0 amide bonds. The van der Waals surface area contributed by atoms with Crippen molar-refractivity contribution in [2.75, 3.05) is 0 Å². The van der Waals surface area contributed by atoms with Crippen molar-refractivity contribution in [2.24, 2.45) is 0 Å². The summed E-state index contributed by atoms with van der Waals surface area (Å²) in [4.78, 5) is 0. The minimum absolute atomic E-state index is 0.473. The third kappa shape index (κ3) is 1.87. The molecule has 0 saturated carbocycles. The Kier molecular flexibility index (Phi) is 2.68. The van der Waals surface area contributed by atoms with Gasteiger partial charge in [-0.3, -0.25) is 0 Å². The van der Waals surface area contributed by atoms with Crippen LogP contribution in [0.15, 0.2) is 42.5 Å². The topological polar surface area (TPSA) is 0 Å². The Morgan fingerprint density at radius 2 is 1.65 bits per heavy atom. The normalized spacial score (nSPS) is 18.1. The van der Waals surface area contributed by atoms with E-state index in [0.29, 0.717) is 5.92 Å². The first-order valence-electron chi connectivity index (χ1n) is 6.12. The maximum atomic E-state index is 6.09. The summed E-state index contributed by atoms with van der Waals surface area (Å²) in [6.07, 6.45) is 2.21. The van der Waals surface area contributed by atoms with Crippen LogP contribution in [0.4, 0.5) is 0 Å². The van der Waals surface area contributed by atoms with E-state index < -0.39 is 0 Å². The van der Waals surface area contributed by atoms with Gasteiger partial charge in [-0.1, -0.05) is 48.9 Å². The predicted molar refractivity (Wildman–Crippen MR) is 72.8 cm³/mol. The molecule has 0 bridgehead atoms. The van der Waals surface area contributed by atoms with E-state index in [1.54, 1.807) is 0 Å². The highest BCUT2D eigenvalue weighted by molar-refractivity contribution is 6.30. The maximum Gasteiger partial charge on any atom is 0.0408 e. The SMILES string of the molecule is CC1c2ccccc2CCc2cc(Cl)ccc21. The van der Waals surface area contributed by atoms with Gasteiger partial charge in [0.15, 0.2) is 0 Å². The van der Waals surface area contributed by atoms with E-state index in [1.807, 2.05) is 6.07 Å². The summed E-state index contributed by atoms with van der Waals surface area (Å²) in [6.45, 7) is 2.29. The molecule has 86 valence electrons. The van der Waals surface area contributed by atoms with Gasteiger partial charge >= 0.3 is 0 Å². The van der Waals surface area contributed by atoms with Crippen molar-refractivity contribution in [3.05, 3.63) is 69.7 Å². The van der Waals surface area contributed by atoms with Gasteiger partial charge in [0.2, 0.25) is 0 Å². The van der Waals surface area contributed by atoms with E-state index >= 15 is 0 Å². The summed E-state index contributed by atoms with van der Waals surface area (Å²) in [5.41, 5.74) is 5.78. The summed E-state index contributed by atoms with van der Waals surface area (Å²) in [5, 5.41) is 0.849. The van der Waals surface area contributed by atoms with Gasteiger partial charge in [0.05, 0.1) is 0 Å². The molecule has 1 atom stereocenters. The maximum absolute atomic E-state index is 6.09. The molecule has 2 aromatic carbocycles. The van der Waals surface area contributed by atoms with Crippen molar-refractivity contribution in [3.63, 3.8) is 0 Å². The molecule has 0 aromatic heterocycles. The molecule has 1 aliphatic rings. The second-order valence-electron chi connectivity index (χ2n) is 4.76. The van der Waals surface area contributed by atoms with Crippen molar-refractivity contribution >= 4 is 11.6 Å². The molecular formula is C16H15Cl. The number of halogens is 1. The zero-order chi connectivity index (χ0) is 11.8. The molecule has 0 aliphatic heterocycles. The average molecular weight is 243 g/mol. The van der Waals surface area contributed by atoms with E-state index in [4.69, 9.17) is 11.6 Å². The quantitative estimate of drug-likeness (QED) is 0.634. The number of hydrogen-bond acceptors (Lipinski definition) is 0. The van der Waals surface area contributed by atoms with Crippen LogP contribution in [0.1, 0.15) is 35.1 Å². The number of benzene rings is 2. The zero-order valence-corrected chi connectivity index (χ0v) is 10.7. The summed E-state index contributed by atoms with van der Waals surface area (Å²) in [5.74, 6) is 0.473. The molecule has 2 aromatic rings. The van der Waals surface area contributed by atoms with Crippen molar-refractivity contribution in [1.82, 2.24) is 0 Å². The standard InChI is InChI=1S/C16H15Cl/c1-11-15-5-3-2-4-12(15)6-7-13-10-14(17)8-9-16(11)13/h2-5,8-11H,6-7H2,1H3. The van der Waals surface area contributed by atoms with Crippen molar-refractivity contribution in [3.8, 4) is 0 Å². The lowest BCUT2D eigenvalue weighted by molar-refractivity contribution is 0.913. The van der Waals surface area contributed by atoms with Crippen LogP contribution in [-0.4, -0.2) is 0 Å². The van der Waals surface area contributed by atoms with Gasteiger partial charge in [0, 0.05) is 10.9 Å². The molecule has 1 unspecified atom stereocenters. The van der Waals surface area contributed by atoms with Crippen LogP contribution in [0.3, 0.4) is 0 Å². The Bertz CT molecular complexity index is 557. The molecule has 0 saturated heterocycles. The molecule has 1 heteroatoms. The van der Waals surface area contributed by atoms with Crippen LogP contribution < -0.4 is 0 Å². The molecule has 0 fully saturated rings. The molecule has 0 heterocycles. The summed E-state index contributed by atoms with van der Waals surface area (Å²) >= 11 is 6.09. The minimum atomic E-state index is 0.473. The lowest BCUT2D eigenvalue weighted by Crippen LogP contribution is -1.98. The van der Waals surface area contributed by atoms with Crippen molar-refractivity contribution in [1.29, 1.82) is 0 Å². The van der Waals surface area contributed by atoms with E-state index in [-0.39, 0.29) is 0 Å².